The van der Waals surface area contributed by atoms with Gasteiger partial charge in [-0.1, -0.05) is 0 Å². The predicted molar refractivity (Wildman–Crippen MR) is 110 cm³/mol. The van der Waals surface area contributed by atoms with Gasteiger partial charge in [0.1, 0.15) is 11.4 Å². The zero-order chi connectivity index (χ0) is 24.1. The Hall–Kier alpha value is -3.13. The van der Waals surface area contributed by atoms with Gasteiger partial charge < -0.3 is 13.7 Å². The number of nitrogens with zero attached hydrogens (tertiary/aromatic N) is 3. The van der Waals surface area contributed by atoms with Gasteiger partial charge >= 0.3 is 16.1 Å². The molecule has 2 aromatic rings. The minimum absolute atomic E-state index is 0.0214. The van der Waals surface area contributed by atoms with Crippen LogP contribution in [0.25, 0.3) is 0 Å². The fourth-order valence-electron chi connectivity index (χ4n) is 2.15. The Morgan fingerprint density at radius 3 is 2.38 bits per heavy atom. The van der Waals surface area contributed by atoms with Gasteiger partial charge in [0.15, 0.2) is 26.7 Å². The van der Waals surface area contributed by atoms with Crippen LogP contribution in [-0.4, -0.2) is 52.9 Å². The molecule has 0 fully saturated rings. The maximum atomic E-state index is 15.0. The number of sulfone groups is 1. The summed E-state index contributed by atoms with van der Waals surface area (Å²) in [6.45, 7) is 3.12. The number of azo groups is 1. The molecule has 0 aliphatic carbocycles. The normalized spacial score (nSPS) is 13.0. The van der Waals surface area contributed by atoms with Crippen molar-refractivity contribution in [1.29, 1.82) is 0 Å². The number of rotatable bonds is 9. The van der Waals surface area contributed by atoms with Gasteiger partial charge in [0, 0.05) is 6.26 Å². The quantitative estimate of drug-likeness (QED) is 0.294. The van der Waals surface area contributed by atoms with Gasteiger partial charge in [-0.2, -0.15) is 23.0 Å². The summed E-state index contributed by atoms with van der Waals surface area (Å²) < 4.78 is 75.9. The second kappa shape index (κ2) is 9.99. The second-order valence-electron chi connectivity index (χ2n) is 6.36. The molecule has 11 nitrogen and oxygen atoms in total. The van der Waals surface area contributed by atoms with Crippen molar-refractivity contribution in [1.82, 2.24) is 4.98 Å². The van der Waals surface area contributed by atoms with Crippen LogP contribution in [0.2, 0.25) is 0 Å². The van der Waals surface area contributed by atoms with Gasteiger partial charge in [-0.25, -0.2) is 18.2 Å². The fourth-order valence-corrected chi connectivity index (χ4v) is 3.17. The number of esters is 1. The summed E-state index contributed by atoms with van der Waals surface area (Å²) in [6, 6.07) is 3.67. The molecule has 0 saturated heterocycles. The molecule has 32 heavy (non-hydrogen) atoms. The number of benzene rings is 1. The molecule has 2 rings (SSSR count). The number of pyridine rings is 1. The summed E-state index contributed by atoms with van der Waals surface area (Å²) in [4.78, 5) is 15.4. The first-order valence-corrected chi connectivity index (χ1v) is 12.7. The van der Waals surface area contributed by atoms with E-state index in [0.29, 0.717) is 6.26 Å². The molecular weight excluding hydrogens is 469 g/mol. The van der Waals surface area contributed by atoms with Gasteiger partial charge in [-0.15, -0.1) is 0 Å². The Morgan fingerprint density at radius 2 is 1.84 bits per heavy atom. The molecule has 0 bridgehead atoms. The summed E-state index contributed by atoms with van der Waals surface area (Å²) in [5.41, 5.74) is -0.318. The van der Waals surface area contributed by atoms with Crippen molar-refractivity contribution < 1.29 is 39.7 Å². The Bertz CT molecular complexity index is 1230. The topological polar surface area (TPSA) is 151 Å². The zero-order valence-electron chi connectivity index (χ0n) is 17.5. The number of carbonyl (C=O) groups is 1. The van der Waals surface area contributed by atoms with E-state index in [9.17, 15) is 26.0 Å². The number of hydrogen-bond donors (Lipinski definition) is 0. The molecule has 0 aliphatic rings. The largest absolute Gasteiger partial charge is 0.464 e. The van der Waals surface area contributed by atoms with Gasteiger partial charge in [-0.05, 0) is 38.1 Å². The van der Waals surface area contributed by atoms with Crippen molar-refractivity contribution >= 4 is 31.6 Å². The van der Waals surface area contributed by atoms with Crippen LogP contribution in [0.15, 0.2) is 45.7 Å². The third kappa shape index (κ3) is 6.95. The van der Waals surface area contributed by atoms with Crippen molar-refractivity contribution in [3.63, 3.8) is 0 Å². The standard InChI is InChI=1S/C18H20FN3O8S2/c1-5-28-18(23)11(2)21-22-13-7-8-14(16(19)17(13)30-32(4,26)27)29-12-6-9-15(20-10-12)31(3,24)25/h6-11H,5H2,1-4H3. The first-order chi connectivity index (χ1) is 14.8. The summed E-state index contributed by atoms with van der Waals surface area (Å²) >= 11 is 0. The molecule has 1 unspecified atom stereocenters. The summed E-state index contributed by atoms with van der Waals surface area (Å²) in [5, 5.41) is 7.18. The first kappa shape index (κ1) is 25.1. The molecule has 0 amide bonds. The van der Waals surface area contributed by atoms with E-state index in [4.69, 9.17) is 13.7 Å². The van der Waals surface area contributed by atoms with E-state index in [0.717, 1.165) is 24.6 Å². The van der Waals surface area contributed by atoms with E-state index in [1.807, 2.05) is 0 Å². The lowest BCUT2D eigenvalue weighted by molar-refractivity contribution is -0.144. The average molecular weight is 490 g/mol. The van der Waals surface area contributed by atoms with Crippen LogP contribution in [0, 0.1) is 5.82 Å². The van der Waals surface area contributed by atoms with Crippen LogP contribution in [-0.2, 0) is 29.5 Å². The number of aromatic nitrogens is 1. The number of hydrogen-bond acceptors (Lipinski definition) is 11. The van der Waals surface area contributed by atoms with Crippen LogP contribution in [0.3, 0.4) is 0 Å². The monoisotopic (exact) mass is 489 g/mol. The molecule has 1 heterocycles. The van der Waals surface area contributed by atoms with E-state index in [2.05, 4.69) is 15.2 Å². The lowest BCUT2D eigenvalue weighted by Gasteiger charge is -2.12. The average Bonchev–Trinajstić information content (AvgIpc) is 2.69. The van der Waals surface area contributed by atoms with Crippen LogP contribution < -0.4 is 8.92 Å². The Balaban J connectivity index is 2.40. The van der Waals surface area contributed by atoms with Crippen LogP contribution in [0.4, 0.5) is 10.1 Å². The maximum absolute atomic E-state index is 15.0. The highest BCUT2D eigenvalue weighted by molar-refractivity contribution is 7.90. The SMILES string of the molecule is CCOC(=O)C(C)N=Nc1ccc(Oc2ccc(S(C)(=O)=O)nc2)c(F)c1OS(C)(=O)=O. The van der Waals surface area contributed by atoms with E-state index in [1.165, 1.54) is 19.1 Å². The molecule has 0 radical (unpaired) electrons. The number of halogens is 1. The van der Waals surface area contributed by atoms with Crippen molar-refractivity contribution in [3.05, 3.63) is 36.3 Å². The minimum atomic E-state index is -4.17. The van der Waals surface area contributed by atoms with E-state index >= 15 is 0 Å². The van der Waals surface area contributed by atoms with E-state index < -0.39 is 49.3 Å². The van der Waals surface area contributed by atoms with Crippen molar-refractivity contribution in [2.24, 2.45) is 10.2 Å². The highest BCUT2D eigenvalue weighted by Gasteiger charge is 2.22. The molecule has 0 aliphatic heterocycles. The van der Waals surface area contributed by atoms with Gasteiger partial charge in [-0.3, -0.25) is 0 Å². The van der Waals surface area contributed by atoms with Crippen LogP contribution in [0.5, 0.6) is 17.2 Å². The first-order valence-electron chi connectivity index (χ1n) is 8.95. The van der Waals surface area contributed by atoms with E-state index in [-0.39, 0.29) is 23.1 Å². The molecular formula is C18H20FN3O8S2. The second-order valence-corrected chi connectivity index (χ2v) is 9.90. The molecule has 174 valence electrons. The summed E-state index contributed by atoms with van der Waals surface area (Å²) in [7, 11) is -7.70. The lowest BCUT2D eigenvalue weighted by Crippen LogP contribution is -2.17. The molecule has 0 saturated carbocycles. The molecule has 0 spiro atoms. The number of carbonyl (C=O) groups excluding carboxylic acids is 1. The molecule has 0 N–H and O–H groups in total. The van der Waals surface area contributed by atoms with Gasteiger partial charge in [0.2, 0.25) is 11.6 Å². The number of ether oxygens (including phenoxy) is 2. The Kier molecular flexibility index (Phi) is 7.85. The molecule has 1 aromatic heterocycles. The van der Waals surface area contributed by atoms with Gasteiger partial charge in [0.25, 0.3) is 0 Å². The van der Waals surface area contributed by atoms with Crippen LogP contribution >= 0.6 is 0 Å². The minimum Gasteiger partial charge on any atom is -0.464 e. The van der Waals surface area contributed by atoms with Gasteiger partial charge in [0.05, 0.1) is 19.1 Å². The molecule has 1 aromatic carbocycles. The summed E-state index contributed by atoms with van der Waals surface area (Å²) in [6.07, 6.45) is 2.73. The smallest absolute Gasteiger partial charge is 0.332 e. The predicted octanol–water partition coefficient (Wildman–Crippen LogP) is 2.79. The Morgan fingerprint density at radius 1 is 1.16 bits per heavy atom. The van der Waals surface area contributed by atoms with E-state index in [1.54, 1.807) is 6.92 Å². The third-order valence-corrected chi connectivity index (χ3v) is 5.03. The lowest BCUT2D eigenvalue weighted by atomic mass is 10.2. The van der Waals surface area contributed by atoms with Crippen molar-refractivity contribution in [3.8, 4) is 17.2 Å². The maximum Gasteiger partial charge on any atom is 0.332 e. The van der Waals surface area contributed by atoms with Crippen LogP contribution in [0.1, 0.15) is 13.8 Å². The fraction of sp³-hybridized carbons (Fsp3) is 0.333. The zero-order valence-corrected chi connectivity index (χ0v) is 19.1. The highest BCUT2D eigenvalue weighted by Crippen LogP contribution is 2.39. The molecule has 1 atom stereocenters. The summed E-state index contributed by atoms with van der Waals surface area (Å²) in [5.74, 6) is -3.16. The Labute approximate surface area is 184 Å². The molecule has 14 heteroatoms. The highest BCUT2D eigenvalue weighted by atomic mass is 32.2. The van der Waals surface area contributed by atoms with Crippen molar-refractivity contribution in [2.45, 2.75) is 24.9 Å². The van der Waals surface area contributed by atoms with Crippen molar-refractivity contribution in [2.75, 3.05) is 19.1 Å². The third-order valence-electron chi connectivity index (χ3n) is 3.56.